The van der Waals surface area contributed by atoms with Crippen LogP contribution in [-0.2, 0) is 26.5 Å². The fourth-order valence-corrected chi connectivity index (χ4v) is 12.5. The Labute approximate surface area is 524 Å². The SMILES string of the molecule is CC(C)c1cc(-c2ccccc2)cc(C(C)C)c1-n1c(-c2[c-]ccc3c2oc2ccccc23)nc2ccccc21.[Ir+3].[c-]1ccc(-c2cccc3c2n2c4cc(Cc5cccnc5-c5[c-]cccc5)ccc4nc2n3-c2ccccc2)cc1-c1ccccn1. The van der Waals surface area contributed by atoms with E-state index in [2.05, 4.69) is 234 Å². The smallest absolute Gasteiger partial charge is 0.501 e. The van der Waals surface area contributed by atoms with E-state index in [-0.39, 0.29) is 20.1 Å². The maximum absolute atomic E-state index is 6.47. The number of imidazole rings is 3. The third-order valence-corrected chi connectivity index (χ3v) is 16.6. The van der Waals surface area contributed by atoms with Crippen LogP contribution in [0.5, 0.6) is 0 Å². The summed E-state index contributed by atoms with van der Waals surface area (Å²) >= 11 is 0. The van der Waals surface area contributed by atoms with Gasteiger partial charge in [-0.3, -0.25) is 14.0 Å². The van der Waals surface area contributed by atoms with Gasteiger partial charge in [0.05, 0.1) is 44.5 Å². The number of para-hydroxylation sites is 5. The van der Waals surface area contributed by atoms with Crippen LogP contribution in [0.4, 0.5) is 0 Å². The first kappa shape index (κ1) is 55.6. The molecule has 6 heterocycles. The summed E-state index contributed by atoms with van der Waals surface area (Å²) in [6, 6.07) is 94.4. The van der Waals surface area contributed by atoms with Crippen LogP contribution < -0.4 is 0 Å². The molecule has 0 bridgehead atoms. The Kier molecular flexibility index (Phi) is 14.8. The normalized spacial score (nSPS) is 11.6. The number of benzene rings is 10. The Hall–Kier alpha value is -10.3. The zero-order valence-corrected chi connectivity index (χ0v) is 51.4. The molecule has 0 aliphatic carbocycles. The van der Waals surface area contributed by atoms with Crippen molar-refractivity contribution < 1.29 is 24.5 Å². The van der Waals surface area contributed by atoms with Gasteiger partial charge in [-0.2, -0.15) is 0 Å². The Balaban J connectivity index is 0.000000155. The number of pyridine rings is 2. The van der Waals surface area contributed by atoms with E-state index in [0.29, 0.717) is 11.8 Å². The van der Waals surface area contributed by atoms with Crippen molar-refractivity contribution in [2.45, 2.75) is 46.0 Å². The van der Waals surface area contributed by atoms with E-state index in [1.54, 1.807) is 0 Å². The third-order valence-electron chi connectivity index (χ3n) is 16.6. The molecule has 0 amide bonds. The average molecular weight is 1310 g/mol. The second-order valence-corrected chi connectivity index (χ2v) is 22.7. The van der Waals surface area contributed by atoms with E-state index in [1.807, 2.05) is 85.2 Å². The fourth-order valence-electron chi connectivity index (χ4n) is 12.5. The minimum atomic E-state index is 0. The molecule has 6 aromatic heterocycles. The minimum absolute atomic E-state index is 0. The molecule has 0 saturated carbocycles. The van der Waals surface area contributed by atoms with Gasteiger partial charge in [-0.15, -0.1) is 83.9 Å². The van der Waals surface area contributed by atoms with Crippen molar-refractivity contribution in [1.82, 2.24) is 33.5 Å². The molecule has 0 fully saturated rings. The molecule has 0 spiro atoms. The number of furan rings is 1. The molecule has 0 unspecified atom stereocenters. The zero-order chi connectivity index (χ0) is 58.5. The van der Waals surface area contributed by atoms with E-state index < -0.39 is 0 Å². The number of hydrogen-bond donors (Lipinski definition) is 0. The van der Waals surface area contributed by atoms with Crippen LogP contribution in [-0.4, -0.2) is 33.5 Å². The van der Waals surface area contributed by atoms with Crippen molar-refractivity contribution in [1.29, 1.82) is 0 Å². The number of fused-ring (bicyclic) bond motifs is 9. The predicted octanol–water partition coefficient (Wildman–Crippen LogP) is 19.7. The molecule has 0 saturated heterocycles. The minimum Gasteiger partial charge on any atom is -0.501 e. The van der Waals surface area contributed by atoms with Gasteiger partial charge in [-0.1, -0.05) is 165 Å². The Morgan fingerprint density at radius 1 is 0.489 bits per heavy atom. The van der Waals surface area contributed by atoms with E-state index in [4.69, 9.17) is 19.4 Å². The van der Waals surface area contributed by atoms with Crippen molar-refractivity contribution in [2.24, 2.45) is 0 Å². The van der Waals surface area contributed by atoms with Crippen molar-refractivity contribution >= 4 is 60.8 Å². The fraction of sp³-hybridized carbons (Fsp3) is 0.0886. The molecule has 9 heteroatoms. The van der Waals surface area contributed by atoms with Crippen LogP contribution in [0, 0.1) is 18.2 Å². The van der Waals surface area contributed by atoms with Gasteiger partial charge in [0.15, 0.2) is 0 Å². The van der Waals surface area contributed by atoms with Gasteiger partial charge in [-0.25, -0.2) is 4.98 Å². The summed E-state index contributed by atoms with van der Waals surface area (Å²) in [5.74, 6) is 2.33. The van der Waals surface area contributed by atoms with Gasteiger partial charge in [0.2, 0.25) is 5.78 Å². The summed E-state index contributed by atoms with van der Waals surface area (Å²) in [6.45, 7) is 9.12. The van der Waals surface area contributed by atoms with Crippen LogP contribution in [0.3, 0.4) is 0 Å². The number of nitrogens with zero attached hydrogens (tertiary/aromatic N) is 7. The van der Waals surface area contributed by atoms with E-state index in [0.717, 1.165) is 124 Å². The number of rotatable bonds is 11. The van der Waals surface area contributed by atoms with Crippen LogP contribution in [0.15, 0.2) is 259 Å². The molecule has 8 nitrogen and oxygen atoms in total. The van der Waals surface area contributed by atoms with Crippen molar-refractivity contribution in [3.05, 3.63) is 296 Å². The summed E-state index contributed by atoms with van der Waals surface area (Å²) in [6.07, 6.45) is 4.41. The molecular formula is C79H58IrN7O. The monoisotopic (exact) mass is 1310 g/mol. The van der Waals surface area contributed by atoms with Crippen LogP contribution in [0.2, 0.25) is 0 Å². The van der Waals surface area contributed by atoms with Gasteiger partial charge in [0.25, 0.3) is 0 Å². The summed E-state index contributed by atoms with van der Waals surface area (Å²) in [5, 5.41) is 2.18. The zero-order valence-electron chi connectivity index (χ0n) is 49.0. The summed E-state index contributed by atoms with van der Waals surface area (Å²) in [5.41, 5.74) is 24.5. The summed E-state index contributed by atoms with van der Waals surface area (Å²) in [4.78, 5) is 19.8. The van der Waals surface area contributed by atoms with Gasteiger partial charge < -0.3 is 19.0 Å². The Morgan fingerprint density at radius 3 is 2.00 bits per heavy atom. The molecule has 0 atom stereocenters. The van der Waals surface area contributed by atoms with Crippen molar-refractivity contribution in [3.8, 4) is 67.5 Å². The first-order chi connectivity index (χ1) is 42.8. The molecule has 0 N–H and O–H groups in total. The van der Waals surface area contributed by atoms with E-state index in [1.165, 1.54) is 33.5 Å². The molecule has 16 aromatic rings. The Morgan fingerprint density at radius 2 is 1.20 bits per heavy atom. The summed E-state index contributed by atoms with van der Waals surface area (Å²) in [7, 11) is 0. The molecule has 16 rings (SSSR count). The topological polar surface area (TPSA) is 79.0 Å². The molecule has 10 aromatic carbocycles. The van der Waals surface area contributed by atoms with Gasteiger partial charge in [0.1, 0.15) is 5.58 Å². The number of aromatic nitrogens is 7. The molecule has 88 heavy (non-hydrogen) atoms. The van der Waals surface area contributed by atoms with E-state index >= 15 is 0 Å². The summed E-state index contributed by atoms with van der Waals surface area (Å²) < 4.78 is 13.4. The molecular weight excluding hydrogens is 1260 g/mol. The van der Waals surface area contributed by atoms with E-state index in [9.17, 15) is 0 Å². The van der Waals surface area contributed by atoms with Crippen LogP contribution >= 0.6 is 0 Å². The van der Waals surface area contributed by atoms with Crippen LogP contribution in [0.25, 0.3) is 128 Å². The molecule has 0 aliphatic rings. The first-order valence-electron chi connectivity index (χ1n) is 29.7. The molecule has 0 aliphatic heterocycles. The standard InChI is InChI=1S/C42H27N5.C37H31N2O.Ir/c1-3-12-30(13-4-1)40-33(16-11-25-44-40)26-29-22-23-37-39(27-29)47-41-35(31-14-9-15-32(28-31)36-20-7-8-24-43-36)19-10-21-38(41)46(42(47)45-37)34-17-5-2-6-18-34;1-23(2)30-21-26(25-13-6-5-7-14-25)22-31(24(3)4)35(30)39-33-19-10-9-18-32(33)38-37(39)29-17-12-16-28-27-15-8-11-20-34(27)40-36(28)29;/h1-12,14,16-25,27-28H,26H2;5-16,18-24H,1-4H3;/q-2;-1;+3. The average Bonchev–Trinajstić information content (AvgIpc) is 1.67. The van der Waals surface area contributed by atoms with Gasteiger partial charge in [-0.05, 0) is 136 Å². The van der Waals surface area contributed by atoms with Gasteiger partial charge in [0, 0.05) is 29.2 Å². The van der Waals surface area contributed by atoms with Crippen molar-refractivity contribution in [3.63, 3.8) is 0 Å². The first-order valence-corrected chi connectivity index (χ1v) is 29.7. The Bertz CT molecular complexity index is 5170. The van der Waals surface area contributed by atoms with Gasteiger partial charge >= 0.3 is 20.1 Å². The predicted molar refractivity (Wildman–Crippen MR) is 355 cm³/mol. The third kappa shape index (κ3) is 9.98. The second-order valence-electron chi connectivity index (χ2n) is 22.7. The maximum Gasteiger partial charge on any atom is 3.00 e. The molecule has 424 valence electrons. The maximum atomic E-state index is 6.47. The van der Waals surface area contributed by atoms with Crippen molar-refractivity contribution in [2.75, 3.05) is 0 Å². The number of hydrogen-bond acceptors (Lipinski definition) is 5. The quantitative estimate of drug-likeness (QED) is 0.121. The van der Waals surface area contributed by atoms with Crippen LogP contribution in [0.1, 0.15) is 61.8 Å². The largest absolute Gasteiger partial charge is 3.00 e. The second kappa shape index (κ2) is 23.5. The molecule has 0 radical (unpaired) electrons.